The summed E-state index contributed by atoms with van der Waals surface area (Å²) >= 11 is 0. The zero-order valence-corrected chi connectivity index (χ0v) is 22.3. The van der Waals surface area contributed by atoms with Gasteiger partial charge in [0.1, 0.15) is 5.60 Å². The number of hydrogen-bond acceptors (Lipinski definition) is 7. The predicted molar refractivity (Wildman–Crippen MR) is 139 cm³/mol. The number of amides is 1. The van der Waals surface area contributed by atoms with Crippen LogP contribution in [0.15, 0.2) is 18.3 Å². The highest BCUT2D eigenvalue weighted by molar-refractivity contribution is 6.63. The number of carbonyl (C=O) groups is 1. The van der Waals surface area contributed by atoms with Crippen LogP contribution >= 0.6 is 0 Å². The van der Waals surface area contributed by atoms with E-state index in [9.17, 15) is 4.79 Å². The molecular weight excluding hydrogens is 443 g/mol. The first-order valence-electron chi connectivity index (χ1n) is 12.6. The second-order valence-corrected chi connectivity index (χ2v) is 11.9. The molecule has 35 heavy (non-hydrogen) atoms. The lowest BCUT2D eigenvalue weighted by Crippen LogP contribution is -2.42. The average Bonchev–Trinajstić information content (AvgIpc) is 2.94. The standard InChI is InChI=1S/C26H39BN4O4/c1-16-13-21-17(14-20(16)27-34-25(5,6)26(7,8)35-27)15-28-22(31-21)29-18-9-11-19(12-10-18)30-23(32)33-24(2,3)4/h13-15,18-19H,9-12H2,1-8H3,(H,30,32)(H,28,29,31). The number of carbonyl (C=O) groups excluding carboxylic acids is 1. The van der Waals surface area contributed by atoms with Gasteiger partial charge in [-0.15, -0.1) is 0 Å². The molecule has 1 aliphatic carbocycles. The summed E-state index contributed by atoms with van der Waals surface area (Å²) in [4.78, 5) is 21.4. The maximum absolute atomic E-state index is 12.0. The van der Waals surface area contributed by atoms with Gasteiger partial charge in [-0.25, -0.2) is 14.8 Å². The predicted octanol–water partition coefficient (Wildman–Crippen LogP) is 4.49. The van der Waals surface area contributed by atoms with Crippen molar-refractivity contribution in [3.8, 4) is 0 Å². The van der Waals surface area contributed by atoms with Crippen molar-refractivity contribution in [2.75, 3.05) is 5.32 Å². The molecule has 1 saturated carbocycles. The highest BCUT2D eigenvalue weighted by atomic mass is 16.7. The van der Waals surface area contributed by atoms with Crippen LogP contribution in [-0.4, -0.2) is 52.1 Å². The molecule has 0 unspecified atom stereocenters. The summed E-state index contributed by atoms with van der Waals surface area (Å²) in [5.74, 6) is 0.629. The van der Waals surface area contributed by atoms with E-state index in [1.165, 1.54) is 0 Å². The van der Waals surface area contributed by atoms with Crippen molar-refractivity contribution in [1.82, 2.24) is 15.3 Å². The van der Waals surface area contributed by atoms with Gasteiger partial charge in [0.05, 0.1) is 16.7 Å². The van der Waals surface area contributed by atoms with Crippen LogP contribution in [0.2, 0.25) is 0 Å². The molecule has 9 heteroatoms. The Labute approximate surface area is 209 Å². The Hall–Kier alpha value is -2.39. The van der Waals surface area contributed by atoms with Gasteiger partial charge in [0.25, 0.3) is 0 Å². The highest BCUT2D eigenvalue weighted by Crippen LogP contribution is 2.37. The van der Waals surface area contributed by atoms with E-state index in [-0.39, 0.29) is 29.4 Å². The van der Waals surface area contributed by atoms with Gasteiger partial charge in [-0.05, 0) is 98.2 Å². The Morgan fingerprint density at radius 3 is 2.26 bits per heavy atom. The van der Waals surface area contributed by atoms with E-state index in [1.54, 1.807) is 0 Å². The molecule has 2 fully saturated rings. The second kappa shape index (κ2) is 9.24. The molecule has 2 aliphatic rings. The third-order valence-electron chi connectivity index (χ3n) is 7.26. The molecule has 2 aromatic rings. The average molecular weight is 482 g/mol. The number of benzene rings is 1. The molecule has 1 aliphatic heterocycles. The minimum absolute atomic E-state index is 0.136. The Kier molecular flexibility index (Phi) is 6.79. The number of nitrogens with one attached hydrogen (secondary N) is 2. The number of aryl methyl sites for hydroxylation is 1. The summed E-state index contributed by atoms with van der Waals surface area (Å²) in [5.41, 5.74) is 1.72. The Bertz CT molecular complexity index is 1070. The number of anilines is 1. The van der Waals surface area contributed by atoms with E-state index in [1.807, 2.05) is 27.0 Å². The lowest BCUT2D eigenvalue weighted by molar-refractivity contribution is 0.00578. The van der Waals surface area contributed by atoms with Gasteiger partial charge in [0.2, 0.25) is 5.95 Å². The van der Waals surface area contributed by atoms with Crippen molar-refractivity contribution in [2.45, 2.75) is 110 Å². The summed E-state index contributed by atoms with van der Waals surface area (Å²) < 4.78 is 17.9. The van der Waals surface area contributed by atoms with E-state index >= 15 is 0 Å². The van der Waals surface area contributed by atoms with Crippen LogP contribution in [0.5, 0.6) is 0 Å². The first-order valence-corrected chi connectivity index (χ1v) is 12.6. The number of ether oxygens (including phenoxy) is 1. The number of rotatable bonds is 4. The SMILES string of the molecule is Cc1cc2nc(NC3CCC(NC(=O)OC(C)(C)C)CC3)ncc2cc1B1OC(C)(C)C(C)(C)O1. The molecule has 0 atom stereocenters. The number of alkyl carbamates (subject to hydrolysis) is 1. The molecule has 4 rings (SSSR count). The first-order chi connectivity index (χ1) is 16.2. The number of nitrogens with zero attached hydrogens (tertiary/aromatic N) is 2. The first kappa shape index (κ1) is 25.7. The topological polar surface area (TPSA) is 94.6 Å². The molecule has 8 nitrogen and oxygen atoms in total. The minimum Gasteiger partial charge on any atom is -0.444 e. The summed E-state index contributed by atoms with van der Waals surface area (Å²) in [5, 5.41) is 7.42. The fraction of sp³-hybridized carbons (Fsp3) is 0.654. The minimum atomic E-state index is -0.486. The van der Waals surface area contributed by atoms with Gasteiger partial charge in [-0.2, -0.15) is 0 Å². The Morgan fingerprint density at radius 2 is 1.66 bits per heavy atom. The smallest absolute Gasteiger partial charge is 0.444 e. The fourth-order valence-corrected chi connectivity index (χ4v) is 4.53. The zero-order valence-electron chi connectivity index (χ0n) is 22.3. The maximum Gasteiger partial charge on any atom is 0.495 e. The number of fused-ring (bicyclic) bond motifs is 1. The van der Waals surface area contributed by atoms with E-state index in [4.69, 9.17) is 19.0 Å². The van der Waals surface area contributed by atoms with E-state index in [0.29, 0.717) is 5.95 Å². The molecule has 190 valence electrons. The number of hydrogen-bond donors (Lipinski definition) is 2. The van der Waals surface area contributed by atoms with Crippen molar-refractivity contribution in [3.63, 3.8) is 0 Å². The van der Waals surface area contributed by atoms with Crippen LogP contribution < -0.4 is 16.1 Å². The normalized spacial score (nSPS) is 23.8. The van der Waals surface area contributed by atoms with Gasteiger partial charge in [-0.1, -0.05) is 6.07 Å². The largest absolute Gasteiger partial charge is 0.495 e. The van der Waals surface area contributed by atoms with E-state index < -0.39 is 12.7 Å². The van der Waals surface area contributed by atoms with Gasteiger partial charge in [0.15, 0.2) is 0 Å². The van der Waals surface area contributed by atoms with Gasteiger partial charge < -0.3 is 24.7 Å². The van der Waals surface area contributed by atoms with Crippen LogP contribution in [-0.2, 0) is 14.0 Å². The second-order valence-electron chi connectivity index (χ2n) is 11.9. The molecule has 2 N–H and O–H groups in total. The van der Waals surface area contributed by atoms with Crippen LogP contribution in [0.4, 0.5) is 10.7 Å². The van der Waals surface area contributed by atoms with E-state index in [2.05, 4.69) is 62.4 Å². The molecule has 0 bridgehead atoms. The van der Waals surface area contributed by atoms with Crippen molar-refractivity contribution in [3.05, 3.63) is 23.9 Å². The molecule has 0 radical (unpaired) electrons. The summed E-state index contributed by atoms with van der Waals surface area (Å²) in [6.45, 7) is 15.9. The summed E-state index contributed by atoms with van der Waals surface area (Å²) in [7, 11) is -0.410. The van der Waals surface area contributed by atoms with Crippen molar-refractivity contribution >= 4 is 35.5 Å². The zero-order chi connectivity index (χ0) is 25.6. The summed E-state index contributed by atoms with van der Waals surface area (Å²) in [6.07, 6.45) is 5.15. The number of aromatic nitrogens is 2. The van der Waals surface area contributed by atoms with E-state index in [0.717, 1.165) is 47.6 Å². The van der Waals surface area contributed by atoms with Crippen LogP contribution in [0.3, 0.4) is 0 Å². The molecule has 1 aromatic carbocycles. The lowest BCUT2D eigenvalue weighted by Gasteiger charge is -2.32. The van der Waals surface area contributed by atoms with Gasteiger partial charge >= 0.3 is 13.2 Å². The highest BCUT2D eigenvalue weighted by Gasteiger charge is 2.52. The molecule has 0 spiro atoms. The monoisotopic (exact) mass is 482 g/mol. The third kappa shape index (κ3) is 5.89. The van der Waals surface area contributed by atoms with Crippen molar-refractivity contribution in [2.24, 2.45) is 0 Å². The summed E-state index contributed by atoms with van der Waals surface area (Å²) in [6, 6.07) is 4.56. The molecule has 1 saturated heterocycles. The maximum atomic E-state index is 12.0. The third-order valence-corrected chi connectivity index (χ3v) is 7.26. The van der Waals surface area contributed by atoms with Gasteiger partial charge in [-0.3, -0.25) is 0 Å². The molecule has 1 aromatic heterocycles. The quantitative estimate of drug-likeness (QED) is 0.621. The van der Waals surface area contributed by atoms with Crippen molar-refractivity contribution in [1.29, 1.82) is 0 Å². The fourth-order valence-electron chi connectivity index (χ4n) is 4.53. The van der Waals surface area contributed by atoms with Crippen molar-refractivity contribution < 1.29 is 18.8 Å². The molecule has 1 amide bonds. The molecule has 2 heterocycles. The van der Waals surface area contributed by atoms with Crippen LogP contribution in [0.1, 0.15) is 79.7 Å². The Morgan fingerprint density at radius 1 is 1.06 bits per heavy atom. The van der Waals surface area contributed by atoms with Crippen LogP contribution in [0.25, 0.3) is 10.9 Å². The van der Waals surface area contributed by atoms with Crippen LogP contribution in [0, 0.1) is 6.92 Å². The van der Waals surface area contributed by atoms with Gasteiger partial charge in [0, 0.05) is 23.7 Å². The lowest BCUT2D eigenvalue weighted by atomic mass is 9.75. The molecular formula is C26H39BN4O4. The Balaban J connectivity index is 1.38.